The second-order valence-electron chi connectivity index (χ2n) is 6.28. The summed E-state index contributed by atoms with van der Waals surface area (Å²) >= 11 is 0. The Kier molecular flexibility index (Phi) is 6.32. The van der Waals surface area contributed by atoms with Crippen molar-refractivity contribution in [3.63, 3.8) is 0 Å². The molecule has 3 rings (SSSR count). The van der Waals surface area contributed by atoms with Crippen molar-refractivity contribution in [1.82, 2.24) is 0 Å². The van der Waals surface area contributed by atoms with Crippen molar-refractivity contribution in [1.29, 1.82) is 0 Å². The molecular formula is C21H19NO7S2. The van der Waals surface area contributed by atoms with Gasteiger partial charge in [-0.3, -0.25) is 4.72 Å². The molecule has 3 aromatic rings. The predicted octanol–water partition coefficient (Wildman–Crippen LogP) is 3.12. The molecule has 0 heterocycles. The fourth-order valence-corrected chi connectivity index (χ4v) is 6.03. The van der Waals surface area contributed by atoms with Gasteiger partial charge in [-0.15, -0.1) is 0 Å². The molecule has 0 saturated heterocycles. The second kappa shape index (κ2) is 8.78. The van der Waals surface area contributed by atoms with Crippen LogP contribution < -0.4 is 9.46 Å². The Hall–Kier alpha value is -3.37. The standard InChI is InChI=1S/C21H19NO7S2/c1-28-18-13-12-15(14-17(18)21(23)29-2)22-31(26,27)20-11-7-6-10-19(20)30(24,25)16-8-4-3-5-9-16/h3-14,22H,1-2H3. The van der Waals surface area contributed by atoms with Crippen LogP contribution in [0.3, 0.4) is 0 Å². The van der Waals surface area contributed by atoms with Gasteiger partial charge in [0.25, 0.3) is 10.0 Å². The Morgan fingerprint density at radius 3 is 2.03 bits per heavy atom. The van der Waals surface area contributed by atoms with Crippen molar-refractivity contribution >= 4 is 31.5 Å². The molecule has 0 atom stereocenters. The highest BCUT2D eigenvalue weighted by molar-refractivity contribution is 7.95. The quantitative estimate of drug-likeness (QED) is 0.538. The number of benzene rings is 3. The zero-order valence-corrected chi connectivity index (χ0v) is 18.2. The number of hydrogen-bond donors (Lipinski definition) is 1. The molecule has 3 aromatic carbocycles. The number of rotatable bonds is 7. The summed E-state index contributed by atoms with van der Waals surface area (Å²) in [6.07, 6.45) is 0. The van der Waals surface area contributed by atoms with Gasteiger partial charge in [-0.25, -0.2) is 21.6 Å². The molecule has 0 saturated carbocycles. The number of methoxy groups -OCH3 is 2. The first kappa shape index (κ1) is 22.3. The lowest BCUT2D eigenvalue weighted by Crippen LogP contribution is -2.17. The molecule has 0 unspecified atom stereocenters. The summed E-state index contributed by atoms with van der Waals surface area (Å²) in [6.45, 7) is 0. The molecule has 0 radical (unpaired) electrons. The summed E-state index contributed by atoms with van der Waals surface area (Å²) in [6, 6.07) is 16.9. The molecule has 0 spiro atoms. The van der Waals surface area contributed by atoms with Crippen molar-refractivity contribution in [2.24, 2.45) is 0 Å². The molecule has 31 heavy (non-hydrogen) atoms. The number of nitrogens with one attached hydrogen (secondary N) is 1. The Bertz CT molecular complexity index is 1320. The van der Waals surface area contributed by atoms with E-state index in [1.54, 1.807) is 18.2 Å². The summed E-state index contributed by atoms with van der Waals surface area (Å²) < 4.78 is 64.4. The third kappa shape index (κ3) is 4.54. The topological polar surface area (TPSA) is 116 Å². The van der Waals surface area contributed by atoms with Gasteiger partial charge in [-0.1, -0.05) is 30.3 Å². The molecular weight excluding hydrogens is 442 g/mol. The molecule has 0 bridgehead atoms. The predicted molar refractivity (Wildman–Crippen MR) is 113 cm³/mol. The summed E-state index contributed by atoms with van der Waals surface area (Å²) in [5.41, 5.74) is 0.0449. The van der Waals surface area contributed by atoms with Crippen LogP contribution in [0.1, 0.15) is 10.4 Å². The molecule has 0 aliphatic rings. The molecule has 8 nitrogen and oxygen atoms in total. The van der Waals surface area contributed by atoms with E-state index in [-0.39, 0.29) is 26.8 Å². The van der Waals surface area contributed by atoms with Gasteiger partial charge in [-0.05, 0) is 42.5 Å². The highest BCUT2D eigenvalue weighted by Crippen LogP contribution is 2.30. The van der Waals surface area contributed by atoms with E-state index in [4.69, 9.17) is 4.74 Å². The number of ether oxygens (including phenoxy) is 2. The number of sulfone groups is 1. The molecule has 0 amide bonds. The van der Waals surface area contributed by atoms with Crippen LogP contribution in [0.2, 0.25) is 0 Å². The van der Waals surface area contributed by atoms with E-state index < -0.39 is 30.7 Å². The molecule has 10 heteroatoms. The van der Waals surface area contributed by atoms with Gasteiger partial charge in [-0.2, -0.15) is 0 Å². The van der Waals surface area contributed by atoms with Gasteiger partial charge in [0.05, 0.1) is 24.0 Å². The second-order valence-corrected chi connectivity index (χ2v) is 9.84. The minimum Gasteiger partial charge on any atom is -0.496 e. The van der Waals surface area contributed by atoms with Crippen molar-refractivity contribution < 1.29 is 31.1 Å². The van der Waals surface area contributed by atoms with Crippen molar-refractivity contribution in [3.8, 4) is 5.75 Å². The van der Waals surface area contributed by atoms with Gasteiger partial charge < -0.3 is 9.47 Å². The zero-order chi connectivity index (χ0) is 22.6. The molecule has 0 fully saturated rings. The maximum Gasteiger partial charge on any atom is 0.341 e. The SMILES string of the molecule is COC(=O)c1cc(NS(=O)(=O)c2ccccc2S(=O)(=O)c2ccccc2)ccc1OC. The highest BCUT2D eigenvalue weighted by atomic mass is 32.2. The number of hydrogen-bond acceptors (Lipinski definition) is 7. The van der Waals surface area contributed by atoms with Crippen LogP contribution in [0, 0.1) is 0 Å². The van der Waals surface area contributed by atoms with Gasteiger partial charge in [0.2, 0.25) is 9.84 Å². The zero-order valence-electron chi connectivity index (χ0n) is 16.6. The Morgan fingerprint density at radius 1 is 0.806 bits per heavy atom. The fraction of sp³-hybridized carbons (Fsp3) is 0.0952. The minimum absolute atomic E-state index is 0.00962. The summed E-state index contributed by atoms with van der Waals surface area (Å²) in [4.78, 5) is 11.1. The Balaban J connectivity index is 2.06. The monoisotopic (exact) mass is 461 g/mol. The van der Waals surface area contributed by atoms with E-state index in [0.29, 0.717) is 0 Å². The third-order valence-electron chi connectivity index (χ3n) is 4.34. The van der Waals surface area contributed by atoms with Crippen LogP contribution in [0.25, 0.3) is 0 Å². The molecule has 162 valence electrons. The number of anilines is 1. The molecule has 0 aliphatic carbocycles. The minimum atomic E-state index is -4.33. The molecule has 0 aromatic heterocycles. The van der Waals surface area contributed by atoms with E-state index in [9.17, 15) is 21.6 Å². The van der Waals surface area contributed by atoms with Crippen LogP contribution in [0.4, 0.5) is 5.69 Å². The van der Waals surface area contributed by atoms with E-state index in [0.717, 1.165) is 0 Å². The van der Waals surface area contributed by atoms with Crippen molar-refractivity contribution in [3.05, 3.63) is 78.4 Å². The van der Waals surface area contributed by atoms with Crippen LogP contribution in [0.5, 0.6) is 5.75 Å². The lowest BCUT2D eigenvalue weighted by atomic mass is 10.2. The van der Waals surface area contributed by atoms with E-state index in [1.807, 2.05) is 0 Å². The molecule has 0 aliphatic heterocycles. The van der Waals surface area contributed by atoms with Crippen molar-refractivity contribution in [2.45, 2.75) is 14.7 Å². The van der Waals surface area contributed by atoms with Gasteiger partial charge in [0.1, 0.15) is 16.2 Å². The number of carbonyl (C=O) groups excluding carboxylic acids is 1. The number of sulfonamides is 1. The van der Waals surface area contributed by atoms with E-state index in [1.165, 1.54) is 68.8 Å². The first-order valence-corrected chi connectivity index (χ1v) is 11.9. The van der Waals surface area contributed by atoms with Crippen LogP contribution in [-0.2, 0) is 24.6 Å². The average molecular weight is 462 g/mol. The maximum atomic E-state index is 13.1. The summed E-state index contributed by atoms with van der Waals surface area (Å²) in [5, 5.41) is 0. The van der Waals surface area contributed by atoms with Crippen molar-refractivity contribution in [2.75, 3.05) is 18.9 Å². The highest BCUT2D eigenvalue weighted by Gasteiger charge is 2.28. The third-order valence-corrected chi connectivity index (χ3v) is 7.74. The van der Waals surface area contributed by atoms with E-state index >= 15 is 0 Å². The lowest BCUT2D eigenvalue weighted by Gasteiger charge is -2.14. The fourth-order valence-electron chi connectivity index (χ4n) is 2.87. The first-order chi connectivity index (χ1) is 14.7. The Morgan fingerprint density at radius 2 is 1.42 bits per heavy atom. The largest absolute Gasteiger partial charge is 0.496 e. The van der Waals surface area contributed by atoms with E-state index in [2.05, 4.69) is 9.46 Å². The normalized spacial score (nSPS) is 11.5. The van der Waals surface area contributed by atoms with Gasteiger partial charge in [0, 0.05) is 5.69 Å². The molecule has 1 N–H and O–H groups in total. The van der Waals surface area contributed by atoms with Crippen LogP contribution >= 0.6 is 0 Å². The number of esters is 1. The Labute approximate surface area is 180 Å². The first-order valence-electron chi connectivity index (χ1n) is 8.89. The van der Waals surface area contributed by atoms with Gasteiger partial charge in [0.15, 0.2) is 0 Å². The maximum absolute atomic E-state index is 13.1. The van der Waals surface area contributed by atoms with Crippen LogP contribution in [-0.4, -0.2) is 37.0 Å². The smallest absolute Gasteiger partial charge is 0.341 e. The average Bonchev–Trinajstić information content (AvgIpc) is 2.78. The van der Waals surface area contributed by atoms with Crippen LogP contribution in [0.15, 0.2) is 87.5 Å². The number of carbonyl (C=O) groups is 1. The van der Waals surface area contributed by atoms with Gasteiger partial charge >= 0.3 is 5.97 Å². The lowest BCUT2D eigenvalue weighted by molar-refractivity contribution is 0.0597. The summed E-state index contributed by atoms with van der Waals surface area (Å²) in [7, 11) is -5.88. The summed E-state index contributed by atoms with van der Waals surface area (Å²) in [5.74, 6) is -0.521.